The second-order valence-corrected chi connectivity index (χ2v) is 10.7. The molecule has 0 aromatic heterocycles. The van der Waals surface area contributed by atoms with Crippen molar-refractivity contribution in [3.05, 3.63) is 24.3 Å². The number of likely N-dealkylation sites (tertiary alicyclic amines) is 1. The summed E-state index contributed by atoms with van der Waals surface area (Å²) in [5.41, 5.74) is 0.859. The minimum absolute atomic E-state index is 0.0499. The predicted octanol–water partition coefficient (Wildman–Crippen LogP) is 4.58. The van der Waals surface area contributed by atoms with Crippen molar-refractivity contribution in [2.45, 2.75) is 64.3 Å². The highest BCUT2D eigenvalue weighted by Crippen LogP contribution is 2.60. The molecule has 0 atom stereocenters. The van der Waals surface area contributed by atoms with Gasteiger partial charge in [0.25, 0.3) is 0 Å². The molecule has 1 saturated heterocycles. The maximum absolute atomic E-state index is 13.3. The van der Waals surface area contributed by atoms with E-state index in [4.69, 9.17) is 17.0 Å². The van der Waals surface area contributed by atoms with Crippen LogP contribution in [0.1, 0.15) is 58.3 Å². The van der Waals surface area contributed by atoms with Gasteiger partial charge >= 0.3 is 0 Å². The fourth-order valence-corrected chi connectivity index (χ4v) is 7.29. The van der Waals surface area contributed by atoms with Gasteiger partial charge in [-0.05, 0) is 100 Å². The number of rotatable bonds is 5. The Bertz CT molecular complexity index is 799. The summed E-state index contributed by atoms with van der Waals surface area (Å²) in [6.45, 7) is 4.35. The number of piperidine rings is 1. The first kappa shape index (κ1) is 21.0. The third-order valence-corrected chi connectivity index (χ3v) is 8.43. The van der Waals surface area contributed by atoms with Gasteiger partial charge in [-0.25, -0.2) is 0 Å². The number of amides is 1. The van der Waals surface area contributed by atoms with Gasteiger partial charge in [0, 0.05) is 24.5 Å². The largest absolute Gasteiger partial charge is 0.492 e. The molecule has 5 aliphatic rings. The molecule has 31 heavy (non-hydrogen) atoms. The zero-order valence-corrected chi connectivity index (χ0v) is 19.4. The number of nitrogens with one attached hydrogen (secondary N) is 2. The number of carbonyl (C=O) groups is 1. The molecule has 1 heterocycles. The Kier molecular flexibility index (Phi) is 5.84. The van der Waals surface area contributed by atoms with Crippen molar-refractivity contribution in [2.24, 2.45) is 23.2 Å². The Hall–Kier alpha value is -1.82. The molecule has 1 aliphatic heterocycles. The summed E-state index contributed by atoms with van der Waals surface area (Å²) in [6.07, 6.45) is 9.44. The van der Waals surface area contributed by atoms with Crippen molar-refractivity contribution in [2.75, 3.05) is 25.0 Å². The van der Waals surface area contributed by atoms with Crippen LogP contribution in [-0.4, -0.2) is 41.7 Å². The molecule has 2 N–H and O–H groups in total. The number of carbonyl (C=O) groups excluding carboxylic acids is 1. The van der Waals surface area contributed by atoms with Crippen LogP contribution in [0.4, 0.5) is 5.69 Å². The first-order chi connectivity index (χ1) is 15.0. The van der Waals surface area contributed by atoms with Crippen molar-refractivity contribution in [3.63, 3.8) is 0 Å². The van der Waals surface area contributed by atoms with Gasteiger partial charge in [0.05, 0.1) is 12.3 Å². The molecule has 1 amide bonds. The average molecular weight is 442 g/mol. The lowest BCUT2D eigenvalue weighted by Crippen LogP contribution is -2.56. The molecular formula is C25H35N3O2S. The predicted molar refractivity (Wildman–Crippen MR) is 127 cm³/mol. The lowest BCUT2D eigenvalue weighted by molar-refractivity contribution is -0.147. The third-order valence-electron chi connectivity index (χ3n) is 8.07. The Morgan fingerprint density at radius 2 is 1.71 bits per heavy atom. The summed E-state index contributed by atoms with van der Waals surface area (Å²) in [5, 5.41) is 7.55. The maximum Gasteiger partial charge on any atom is 0.226 e. The first-order valence-electron chi connectivity index (χ1n) is 12.1. The van der Waals surface area contributed by atoms with Crippen molar-refractivity contribution in [1.82, 2.24) is 10.2 Å². The van der Waals surface area contributed by atoms with Crippen molar-refractivity contribution < 1.29 is 9.53 Å². The number of para-hydroxylation sites is 2. The summed E-state index contributed by atoms with van der Waals surface area (Å²) in [7, 11) is 0. The highest BCUT2D eigenvalue weighted by atomic mass is 32.1. The molecule has 6 rings (SSSR count). The minimum Gasteiger partial charge on any atom is -0.492 e. The average Bonchev–Trinajstić information content (AvgIpc) is 2.75. The minimum atomic E-state index is -0.0499. The Balaban J connectivity index is 1.13. The van der Waals surface area contributed by atoms with Crippen LogP contribution in [0, 0.1) is 23.2 Å². The lowest BCUT2D eigenvalue weighted by Gasteiger charge is -2.56. The highest BCUT2D eigenvalue weighted by molar-refractivity contribution is 7.80. The summed E-state index contributed by atoms with van der Waals surface area (Å²) in [6, 6.07) is 8.18. The van der Waals surface area contributed by atoms with Gasteiger partial charge in [-0.2, -0.15) is 0 Å². The van der Waals surface area contributed by atoms with E-state index in [0.29, 0.717) is 12.5 Å². The van der Waals surface area contributed by atoms with Crippen LogP contribution in [0.15, 0.2) is 24.3 Å². The van der Waals surface area contributed by atoms with Crippen LogP contribution in [0.3, 0.4) is 0 Å². The Morgan fingerprint density at radius 1 is 1.10 bits per heavy atom. The molecule has 0 radical (unpaired) electrons. The molecule has 1 aromatic rings. The van der Waals surface area contributed by atoms with Gasteiger partial charge in [0.15, 0.2) is 5.11 Å². The summed E-state index contributed by atoms with van der Waals surface area (Å²) in [5.74, 6) is 3.60. The fraction of sp³-hybridized carbons (Fsp3) is 0.680. The van der Waals surface area contributed by atoms with Crippen molar-refractivity contribution in [1.29, 1.82) is 0 Å². The number of thiocarbonyl (C=S) groups is 1. The van der Waals surface area contributed by atoms with Gasteiger partial charge in [-0.3, -0.25) is 4.79 Å². The van der Waals surface area contributed by atoms with Crippen LogP contribution in [0.25, 0.3) is 0 Å². The third kappa shape index (κ3) is 4.28. The highest BCUT2D eigenvalue weighted by Gasteiger charge is 2.54. The van der Waals surface area contributed by atoms with Crippen LogP contribution < -0.4 is 15.4 Å². The number of anilines is 1. The number of ether oxygens (including phenoxy) is 1. The molecular weight excluding hydrogens is 406 g/mol. The van der Waals surface area contributed by atoms with E-state index >= 15 is 0 Å². The van der Waals surface area contributed by atoms with Crippen LogP contribution in [-0.2, 0) is 4.79 Å². The number of benzene rings is 1. The fourth-order valence-electron chi connectivity index (χ4n) is 7.00. The number of hydrogen-bond acceptors (Lipinski definition) is 3. The van der Waals surface area contributed by atoms with E-state index in [2.05, 4.69) is 15.5 Å². The molecule has 0 spiro atoms. The van der Waals surface area contributed by atoms with Crippen molar-refractivity contribution >= 4 is 28.9 Å². The van der Waals surface area contributed by atoms with E-state index in [1.165, 1.54) is 19.3 Å². The van der Waals surface area contributed by atoms with Crippen LogP contribution in [0.5, 0.6) is 5.75 Å². The lowest BCUT2D eigenvalue weighted by atomic mass is 9.49. The Morgan fingerprint density at radius 3 is 2.32 bits per heavy atom. The van der Waals surface area contributed by atoms with Gasteiger partial charge in [-0.15, -0.1) is 0 Å². The van der Waals surface area contributed by atoms with Gasteiger partial charge < -0.3 is 20.3 Å². The standard InChI is InChI=1S/C25H35N3O2S/c1-2-30-22-6-4-3-5-21(22)27-24(31)28-9-7-20(8-10-28)26-23(29)25-14-17-11-18(15-25)13-19(12-17)16-25/h3-6,17-20H,2,7-16H2,1H3,(H,26,29)(H,27,31). The molecule has 4 aliphatic carbocycles. The summed E-state index contributed by atoms with van der Waals surface area (Å²) < 4.78 is 5.70. The van der Waals surface area contributed by atoms with E-state index in [1.54, 1.807) is 0 Å². The molecule has 5 nitrogen and oxygen atoms in total. The molecule has 4 bridgehead atoms. The van der Waals surface area contributed by atoms with E-state index in [9.17, 15) is 4.79 Å². The second kappa shape index (κ2) is 8.61. The summed E-state index contributed by atoms with van der Waals surface area (Å²) in [4.78, 5) is 15.6. The second-order valence-electron chi connectivity index (χ2n) is 10.3. The number of hydrogen-bond donors (Lipinski definition) is 2. The quantitative estimate of drug-likeness (QED) is 0.655. The van der Waals surface area contributed by atoms with Gasteiger partial charge in [-0.1, -0.05) is 12.1 Å². The zero-order chi connectivity index (χ0) is 21.4. The SMILES string of the molecule is CCOc1ccccc1NC(=S)N1CCC(NC(=O)C23CC4CC(CC(C4)C2)C3)CC1. The van der Waals surface area contributed by atoms with Crippen LogP contribution in [0.2, 0.25) is 0 Å². The molecule has 4 saturated carbocycles. The van der Waals surface area contributed by atoms with Gasteiger partial charge in [0.2, 0.25) is 5.91 Å². The molecule has 5 fully saturated rings. The molecule has 168 valence electrons. The number of nitrogens with zero attached hydrogens (tertiary/aromatic N) is 1. The topological polar surface area (TPSA) is 53.6 Å². The summed E-state index contributed by atoms with van der Waals surface area (Å²) >= 11 is 5.68. The molecule has 0 unspecified atom stereocenters. The molecule has 6 heteroatoms. The monoisotopic (exact) mass is 441 g/mol. The smallest absolute Gasteiger partial charge is 0.226 e. The van der Waals surface area contributed by atoms with E-state index in [1.807, 2.05) is 31.2 Å². The van der Waals surface area contributed by atoms with E-state index in [-0.39, 0.29) is 11.5 Å². The molecule has 1 aromatic carbocycles. The Labute approximate surface area is 191 Å². The first-order valence-corrected chi connectivity index (χ1v) is 12.5. The van der Waals surface area contributed by atoms with E-state index < -0.39 is 0 Å². The van der Waals surface area contributed by atoms with Crippen molar-refractivity contribution in [3.8, 4) is 5.75 Å². The van der Waals surface area contributed by atoms with Crippen LogP contribution >= 0.6 is 12.2 Å². The normalized spacial score (nSPS) is 32.0. The van der Waals surface area contributed by atoms with Gasteiger partial charge in [0.1, 0.15) is 5.75 Å². The zero-order valence-electron chi connectivity index (χ0n) is 18.6. The van der Waals surface area contributed by atoms with E-state index in [0.717, 1.165) is 79.5 Å². The maximum atomic E-state index is 13.3.